The molecule has 1 aromatic carbocycles. The fraction of sp³-hybridized carbons (Fsp3) is 0.375. The van der Waals surface area contributed by atoms with Crippen LogP contribution in [0.15, 0.2) is 24.4 Å². The second-order valence-corrected chi connectivity index (χ2v) is 6.21. The Balaban J connectivity index is 2.13. The lowest BCUT2D eigenvalue weighted by molar-refractivity contribution is -0.0493. The minimum atomic E-state index is -2.91. The Morgan fingerprint density at radius 3 is 2.84 bits per heavy atom. The zero-order valence-electron chi connectivity index (χ0n) is 14.1. The van der Waals surface area contributed by atoms with E-state index in [0.29, 0.717) is 28.9 Å². The first kappa shape index (κ1) is 19.4. The third kappa shape index (κ3) is 5.02. The first-order valence-electron chi connectivity index (χ1n) is 7.59. The van der Waals surface area contributed by atoms with Gasteiger partial charge in [0.05, 0.1) is 29.1 Å². The van der Waals surface area contributed by atoms with Gasteiger partial charge in [-0.05, 0) is 43.8 Å². The van der Waals surface area contributed by atoms with Crippen LogP contribution in [0, 0.1) is 6.92 Å². The van der Waals surface area contributed by atoms with Crippen molar-refractivity contribution in [1.82, 2.24) is 14.7 Å². The Kier molecular flexibility index (Phi) is 6.55. The third-order valence-corrected chi connectivity index (χ3v) is 4.25. The Labute approximate surface area is 155 Å². The summed E-state index contributed by atoms with van der Waals surface area (Å²) >= 11 is 11.5. The van der Waals surface area contributed by atoms with Gasteiger partial charge in [-0.1, -0.05) is 17.7 Å². The van der Waals surface area contributed by atoms with E-state index in [-0.39, 0.29) is 5.75 Å². The molecule has 0 radical (unpaired) electrons. The molecule has 0 amide bonds. The molecule has 136 valence electrons. The number of aryl methyl sites for hydroxylation is 2. The fourth-order valence-corrected chi connectivity index (χ4v) is 2.64. The summed E-state index contributed by atoms with van der Waals surface area (Å²) in [5.74, 6) is 0.0352. The van der Waals surface area contributed by atoms with E-state index >= 15 is 0 Å². The minimum Gasteiger partial charge on any atom is -0.433 e. The quantitative estimate of drug-likeness (QED) is 0.747. The molecule has 1 N–H and O–H groups in total. The molecule has 0 saturated carbocycles. The molecule has 5 nitrogen and oxygen atoms in total. The number of ether oxygens (including phenoxy) is 1. The molecule has 0 spiro atoms. The number of hydrogen-bond acceptors (Lipinski definition) is 3. The van der Waals surface area contributed by atoms with Crippen molar-refractivity contribution in [3.05, 3.63) is 40.7 Å². The Morgan fingerprint density at radius 2 is 2.20 bits per heavy atom. The number of alkyl halides is 2. The van der Waals surface area contributed by atoms with Crippen LogP contribution in [0.3, 0.4) is 0 Å². The SMILES string of the molecule is CCn1ncc(Cl)c1CN(C)C(=S)Nc1cc(C)ccc1OC(F)F. The average molecular weight is 389 g/mol. The molecule has 2 aromatic rings. The highest BCUT2D eigenvalue weighted by molar-refractivity contribution is 7.80. The van der Waals surface area contributed by atoms with Crippen molar-refractivity contribution in [3.8, 4) is 5.75 Å². The van der Waals surface area contributed by atoms with E-state index in [2.05, 4.69) is 15.2 Å². The maximum Gasteiger partial charge on any atom is 0.387 e. The highest BCUT2D eigenvalue weighted by atomic mass is 35.5. The van der Waals surface area contributed by atoms with Crippen LogP contribution in [-0.2, 0) is 13.1 Å². The Morgan fingerprint density at radius 1 is 1.48 bits per heavy atom. The van der Waals surface area contributed by atoms with E-state index in [1.54, 1.807) is 35.0 Å². The van der Waals surface area contributed by atoms with Crippen molar-refractivity contribution in [3.63, 3.8) is 0 Å². The minimum absolute atomic E-state index is 0.0352. The van der Waals surface area contributed by atoms with Gasteiger partial charge in [0.15, 0.2) is 5.11 Å². The monoisotopic (exact) mass is 388 g/mol. The molecule has 1 heterocycles. The van der Waals surface area contributed by atoms with Crippen LogP contribution in [0.4, 0.5) is 14.5 Å². The normalized spacial score (nSPS) is 10.8. The molecule has 0 aliphatic rings. The van der Waals surface area contributed by atoms with Crippen molar-refractivity contribution in [2.24, 2.45) is 0 Å². The van der Waals surface area contributed by atoms with E-state index in [1.165, 1.54) is 6.07 Å². The summed E-state index contributed by atoms with van der Waals surface area (Å²) in [4.78, 5) is 1.75. The van der Waals surface area contributed by atoms with Crippen LogP contribution >= 0.6 is 23.8 Å². The molecule has 0 aliphatic carbocycles. The molecule has 25 heavy (non-hydrogen) atoms. The predicted molar refractivity (Wildman–Crippen MR) is 98.4 cm³/mol. The van der Waals surface area contributed by atoms with Gasteiger partial charge in [0.2, 0.25) is 0 Å². The van der Waals surface area contributed by atoms with Crippen molar-refractivity contribution in [2.45, 2.75) is 33.5 Å². The van der Waals surface area contributed by atoms with Gasteiger partial charge in [-0.2, -0.15) is 13.9 Å². The van der Waals surface area contributed by atoms with E-state index < -0.39 is 6.61 Å². The van der Waals surface area contributed by atoms with Crippen molar-refractivity contribution >= 4 is 34.6 Å². The average Bonchev–Trinajstić information content (AvgIpc) is 2.89. The second kappa shape index (κ2) is 8.44. The maximum absolute atomic E-state index is 12.6. The molecular weight excluding hydrogens is 370 g/mol. The topological polar surface area (TPSA) is 42.3 Å². The molecule has 1 aromatic heterocycles. The van der Waals surface area contributed by atoms with Crippen LogP contribution in [0.2, 0.25) is 5.02 Å². The van der Waals surface area contributed by atoms with Gasteiger partial charge >= 0.3 is 6.61 Å². The lowest BCUT2D eigenvalue weighted by Gasteiger charge is -2.23. The van der Waals surface area contributed by atoms with Gasteiger partial charge in [0.1, 0.15) is 5.75 Å². The van der Waals surface area contributed by atoms with Crippen LogP contribution in [0.1, 0.15) is 18.2 Å². The van der Waals surface area contributed by atoms with Crippen LogP contribution in [0.25, 0.3) is 0 Å². The van der Waals surface area contributed by atoms with Gasteiger partial charge < -0.3 is 15.0 Å². The zero-order valence-corrected chi connectivity index (χ0v) is 15.7. The van der Waals surface area contributed by atoms with Crippen LogP contribution < -0.4 is 10.1 Å². The van der Waals surface area contributed by atoms with Crippen molar-refractivity contribution < 1.29 is 13.5 Å². The summed E-state index contributed by atoms with van der Waals surface area (Å²) in [5.41, 5.74) is 2.10. The zero-order chi connectivity index (χ0) is 18.6. The van der Waals surface area contributed by atoms with Gasteiger partial charge in [-0.25, -0.2) is 0 Å². The summed E-state index contributed by atoms with van der Waals surface area (Å²) in [6.45, 7) is 2.01. The first-order chi connectivity index (χ1) is 11.8. The first-order valence-corrected chi connectivity index (χ1v) is 8.38. The highest BCUT2D eigenvalue weighted by Gasteiger charge is 2.15. The van der Waals surface area contributed by atoms with E-state index in [0.717, 1.165) is 11.3 Å². The van der Waals surface area contributed by atoms with Crippen LogP contribution in [0.5, 0.6) is 5.75 Å². The van der Waals surface area contributed by atoms with Gasteiger partial charge in [-0.3, -0.25) is 4.68 Å². The molecule has 0 saturated heterocycles. The smallest absolute Gasteiger partial charge is 0.387 e. The summed E-state index contributed by atoms with van der Waals surface area (Å²) in [6.07, 6.45) is 1.58. The van der Waals surface area contributed by atoms with Gasteiger partial charge in [-0.15, -0.1) is 0 Å². The molecule has 0 bridgehead atoms. The number of anilines is 1. The molecule has 2 rings (SSSR count). The number of nitrogens with zero attached hydrogens (tertiary/aromatic N) is 3. The van der Waals surface area contributed by atoms with E-state index in [4.69, 9.17) is 23.8 Å². The number of aromatic nitrogens is 2. The molecule has 0 unspecified atom stereocenters. The third-order valence-electron chi connectivity index (χ3n) is 3.52. The number of rotatable bonds is 6. The number of halogens is 3. The number of nitrogens with one attached hydrogen (secondary N) is 1. The molecule has 0 aliphatic heterocycles. The summed E-state index contributed by atoms with van der Waals surface area (Å²) in [5, 5.41) is 8.03. The van der Waals surface area contributed by atoms with Gasteiger partial charge in [0.25, 0.3) is 0 Å². The summed E-state index contributed by atoms with van der Waals surface area (Å²) in [6, 6.07) is 4.87. The maximum atomic E-state index is 12.6. The second-order valence-electron chi connectivity index (χ2n) is 5.42. The predicted octanol–water partition coefficient (Wildman–Crippen LogP) is 4.30. The molecule has 0 fully saturated rings. The molecule has 9 heteroatoms. The van der Waals surface area contributed by atoms with E-state index in [1.807, 2.05) is 13.8 Å². The van der Waals surface area contributed by atoms with Crippen molar-refractivity contribution in [2.75, 3.05) is 12.4 Å². The summed E-state index contributed by atoms with van der Waals surface area (Å²) < 4.78 is 31.4. The standard InChI is InChI=1S/C16H19ClF2N4OS/c1-4-23-13(11(17)8-20-23)9-22(3)16(25)21-12-7-10(2)5-6-14(12)24-15(18)19/h5-8,15H,4,9H2,1-3H3,(H,21,25). The largest absolute Gasteiger partial charge is 0.433 e. The number of thiocarbonyl (C=S) groups is 1. The Hall–Kier alpha value is -1.93. The summed E-state index contributed by atoms with van der Waals surface area (Å²) in [7, 11) is 1.78. The molecular formula is C16H19ClF2N4OS. The van der Waals surface area contributed by atoms with Crippen LogP contribution in [-0.4, -0.2) is 33.5 Å². The number of hydrogen-bond donors (Lipinski definition) is 1. The lowest BCUT2D eigenvalue weighted by atomic mass is 10.2. The molecule has 0 atom stereocenters. The van der Waals surface area contributed by atoms with Crippen molar-refractivity contribution in [1.29, 1.82) is 0 Å². The Bertz CT molecular complexity index is 754. The fourth-order valence-electron chi connectivity index (χ4n) is 2.26. The lowest BCUT2D eigenvalue weighted by Crippen LogP contribution is -2.31. The van der Waals surface area contributed by atoms with Gasteiger partial charge in [0, 0.05) is 13.6 Å². The van der Waals surface area contributed by atoms with E-state index in [9.17, 15) is 8.78 Å². The highest BCUT2D eigenvalue weighted by Crippen LogP contribution is 2.28. The number of benzene rings is 1.